The second kappa shape index (κ2) is 8.43. The number of nitrogens with one attached hydrogen (secondary N) is 1. The van der Waals surface area contributed by atoms with Crippen LogP contribution in [0.4, 0.5) is 4.39 Å². The zero-order valence-corrected chi connectivity index (χ0v) is 15.2. The summed E-state index contributed by atoms with van der Waals surface area (Å²) in [6.45, 7) is 6.23. The number of nitrogens with zero attached hydrogens (tertiary/aromatic N) is 2. The summed E-state index contributed by atoms with van der Waals surface area (Å²) < 4.78 is 13.3. The standard InChI is InChI=1S/C20H22FN3O2/c1-4-24(12-15-6-5-7-16(21)10-15)19(25)9-8-17-13(2)18(11-22)20(26)23-14(17)3/h5-7,10H,4,8-9,12H2,1-3H3,(H,23,26). The van der Waals surface area contributed by atoms with Gasteiger partial charge in [-0.05, 0) is 56.0 Å². The lowest BCUT2D eigenvalue weighted by atomic mass is 9.99. The first kappa shape index (κ1) is 19.4. The van der Waals surface area contributed by atoms with Crippen molar-refractivity contribution in [2.24, 2.45) is 0 Å². The maximum Gasteiger partial charge on any atom is 0.266 e. The van der Waals surface area contributed by atoms with Crippen LogP contribution in [0.5, 0.6) is 0 Å². The van der Waals surface area contributed by atoms with E-state index in [1.54, 1.807) is 30.9 Å². The van der Waals surface area contributed by atoms with Crippen molar-refractivity contribution in [1.29, 1.82) is 5.26 Å². The summed E-state index contributed by atoms with van der Waals surface area (Å²) >= 11 is 0. The van der Waals surface area contributed by atoms with Crippen LogP contribution in [-0.2, 0) is 17.8 Å². The van der Waals surface area contributed by atoms with Crippen molar-refractivity contribution in [2.75, 3.05) is 6.54 Å². The quantitative estimate of drug-likeness (QED) is 0.865. The molecule has 1 aromatic carbocycles. The lowest BCUT2D eigenvalue weighted by molar-refractivity contribution is -0.131. The first-order chi connectivity index (χ1) is 12.4. The number of nitriles is 1. The molecule has 26 heavy (non-hydrogen) atoms. The van der Waals surface area contributed by atoms with Crippen molar-refractivity contribution < 1.29 is 9.18 Å². The molecular formula is C20H22FN3O2. The highest BCUT2D eigenvalue weighted by atomic mass is 19.1. The molecule has 0 radical (unpaired) electrons. The van der Waals surface area contributed by atoms with Crippen LogP contribution in [0, 0.1) is 31.0 Å². The Morgan fingerprint density at radius 2 is 2.08 bits per heavy atom. The van der Waals surface area contributed by atoms with E-state index in [-0.39, 0.29) is 23.7 Å². The fraction of sp³-hybridized carbons (Fsp3) is 0.350. The number of H-pyrrole nitrogens is 1. The molecule has 136 valence electrons. The molecule has 0 saturated carbocycles. The summed E-state index contributed by atoms with van der Waals surface area (Å²) in [6.07, 6.45) is 0.684. The minimum absolute atomic E-state index is 0.0553. The van der Waals surface area contributed by atoms with Gasteiger partial charge in [0.05, 0.1) is 0 Å². The third-order valence-electron chi connectivity index (χ3n) is 4.51. The Morgan fingerprint density at radius 3 is 2.69 bits per heavy atom. The molecule has 0 spiro atoms. The number of hydrogen-bond donors (Lipinski definition) is 1. The number of carbonyl (C=O) groups excluding carboxylic acids is 1. The topological polar surface area (TPSA) is 77.0 Å². The van der Waals surface area contributed by atoms with Crippen molar-refractivity contribution in [3.05, 3.63) is 68.4 Å². The van der Waals surface area contributed by atoms with E-state index in [1.165, 1.54) is 12.1 Å². The van der Waals surface area contributed by atoms with Crippen LogP contribution in [0.3, 0.4) is 0 Å². The molecule has 2 aromatic rings. The van der Waals surface area contributed by atoms with Crippen LogP contribution in [0.25, 0.3) is 0 Å². The summed E-state index contributed by atoms with van der Waals surface area (Å²) in [5.41, 5.74) is 2.53. The number of carbonyl (C=O) groups is 1. The summed E-state index contributed by atoms with van der Waals surface area (Å²) in [5, 5.41) is 9.13. The molecule has 0 aliphatic carbocycles. The molecule has 6 heteroatoms. The van der Waals surface area contributed by atoms with Crippen molar-refractivity contribution in [3.8, 4) is 6.07 Å². The van der Waals surface area contributed by atoms with Gasteiger partial charge >= 0.3 is 0 Å². The number of halogens is 1. The van der Waals surface area contributed by atoms with E-state index in [9.17, 15) is 14.0 Å². The second-order valence-electron chi connectivity index (χ2n) is 6.21. The van der Waals surface area contributed by atoms with Crippen LogP contribution in [-0.4, -0.2) is 22.3 Å². The van der Waals surface area contributed by atoms with Gasteiger partial charge in [0.25, 0.3) is 5.56 Å². The zero-order valence-electron chi connectivity index (χ0n) is 15.2. The van der Waals surface area contributed by atoms with Crippen LogP contribution < -0.4 is 5.56 Å². The van der Waals surface area contributed by atoms with Gasteiger partial charge in [0.1, 0.15) is 17.4 Å². The van der Waals surface area contributed by atoms with Gasteiger partial charge in [-0.2, -0.15) is 5.26 Å². The van der Waals surface area contributed by atoms with E-state index in [4.69, 9.17) is 5.26 Å². The molecule has 0 aliphatic rings. The SMILES string of the molecule is CCN(Cc1cccc(F)c1)C(=O)CCc1c(C)[nH]c(=O)c(C#N)c1C. The number of aryl methyl sites for hydroxylation is 1. The van der Waals surface area contributed by atoms with Crippen LogP contribution in [0.1, 0.15) is 41.3 Å². The number of hydrogen-bond acceptors (Lipinski definition) is 3. The Hall–Kier alpha value is -2.94. The lowest BCUT2D eigenvalue weighted by Crippen LogP contribution is -2.30. The average molecular weight is 355 g/mol. The molecule has 1 aromatic heterocycles. The number of amides is 1. The third kappa shape index (κ3) is 4.37. The van der Waals surface area contributed by atoms with E-state index in [2.05, 4.69) is 4.98 Å². The molecule has 0 atom stereocenters. The number of aromatic nitrogens is 1. The van der Waals surface area contributed by atoms with Gasteiger partial charge in [-0.25, -0.2) is 4.39 Å². The number of benzene rings is 1. The highest BCUT2D eigenvalue weighted by Gasteiger charge is 2.16. The highest BCUT2D eigenvalue weighted by Crippen LogP contribution is 2.16. The Balaban J connectivity index is 2.12. The first-order valence-corrected chi connectivity index (χ1v) is 8.52. The van der Waals surface area contributed by atoms with Gasteiger partial charge in [-0.1, -0.05) is 12.1 Å². The van der Waals surface area contributed by atoms with Crippen LogP contribution in [0.15, 0.2) is 29.1 Å². The van der Waals surface area contributed by atoms with Crippen LogP contribution in [0.2, 0.25) is 0 Å². The minimum atomic E-state index is -0.404. The van der Waals surface area contributed by atoms with Crippen molar-refractivity contribution in [3.63, 3.8) is 0 Å². The van der Waals surface area contributed by atoms with Crippen molar-refractivity contribution in [2.45, 2.75) is 40.2 Å². The van der Waals surface area contributed by atoms with E-state index >= 15 is 0 Å². The molecule has 0 aliphatic heterocycles. The molecule has 1 amide bonds. The fourth-order valence-electron chi connectivity index (χ4n) is 3.04. The summed E-state index contributed by atoms with van der Waals surface area (Å²) in [7, 11) is 0. The van der Waals surface area contributed by atoms with Gasteiger partial charge < -0.3 is 9.88 Å². The number of rotatable bonds is 6. The van der Waals surface area contributed by atoms with E-state index < -0.39 is 5.56 Å². The predicted molar refractivity (Wildman–Crippen MR) is 97.1 cm³/mol. The maximum absolute atomic E-state index is 13.3. The minimum Gasteiger partial charge on any atom is -0.339 e. The molecule has 5 nitrogen and oxygen atoms in total. The molecule has 1 heterocycles. The van der Waals surface area contributed by atoms with Gasteiger partial charge in [0, 0.05) is 25.2 Å². The van der Waals surface area contributed by atoms with Gasteiger partial charge in [-0.3, -0.25) is 9.59 Å². The van der Waals surface area contributed by atoms with Crippen LogP contribution >= 0.6 is 0 Å². The molecule has 2 rings (SSSR count). The second-order valence-corrected chi connectivity index (χ2v) is 6.21. The average Bonchev–Trinajstić information content (AvgIpc) is 2.59. The lowest BCUT2D eigenvalue weighted by Gasteiger charge is -2.21. The van der Waals surface area contributed by atoms with Crippen molar-refractivity contribution >= 4 is 5.91 Å². The normalized spacial score (nSPS) is 10.4. The Bertz CT molecular complexity index is 912. The third-order valence-corrected chi connectivity index (χ3v) is 4.51. The fourth-order valence-corrected chi connectivity index (χ4v) is 3.04. The van der Waals surface area contributed by atoms with Crippen molar-refractivity contribution in [1.82, 2.24) is 9.88 Å². The Kier molecular flexibility index (Phi) is 6.29. The summed E-state index contributed by atoms with van der Waals surface area (Å²) in [6, 6.07) is 8.12. The molecule has 0 bridgehead atoms. The molecule has 0 saturated heterocycles. The summed E-state index contributed by atoms with van der Waals surface area (Å²) in [4.78, 5) is 28.7. The predicted octanol–water partition coefficient (Wildman–Crippen LogP) is 2.98. The highest BCUT2D eigenvalue weighted by molar-refractivity contribution is 5.76. The van der Waals surface area contributed by atoms with E-state index in [0.29, 0.717) is 30.8 Å². The first-order valence-electron chi connectivity index (χ1n) is 8.52. The maximum atomic E-state index is 13.3. The van der Waals surface area contributed by atoms with Gasteiger partial charge in [0.2, 0.25) is 5.91 Å². The van der Waals surface area contributed by atoms with Gasteiger partial charge in [0.15, 0.2) is 0 Å². The Labute approximate surface area is 152 Å². The molecule has 0 unspecified atom stereocenters. The van der Waals surface area contributed by atoms with E-state index in [1.807, 2.05) is 13.0 Å². The smallest absolute Gasteiger partial charge is 0.266 e. The van der Waals surface area contributed by atoms with E-state index in [0.717, 1.165) is 11.1 Å². The van der Waals surface area contributed by atoms with Gasteiger partial charge in [-0.15, -0.1) is 0 Å². The Morgan fingerprint density at radius 1 is 1.35 bits per heavy atom. The molecule has 1 N–H and O–H groups in total. The summed E-state index contributed by atoms with van der Waals surface area (Å²) in [5.74, 6) is -0.380. The largest absolute Gasteiger partial charge is 0.339 e. The molecule has 0 fully saturated rings. The monoisotopic (exact) mass is 355 g/mol. The number of aromatic amines is 1. The number of pyridine rings is 1. The zero-order chi connectivity index (χ0) is 19.3. The molecular weight excluding hydrogens is 333 g/mol.